The zero-order chi connectivity index (χ0) is 8.34. The van der Waals surface area contributed by atoms with Gasteiger partial charge < -0.3 is 24.0 Å². The largest absolute Gasteiger partial charge is 1.00 e. The van der Waals surface area contributed by atoms with Crippen LogP contribution in [0.4, 0.5) is 11.4 Å². The van der Waals surface area contributed by atoms with Gasteiger partial charge in [0.25, 0.3) is 4.17 Å². The Morgan fingerprint density at radius 1 is 1.46 bits per heavy atom. The highest BCUT2D eigenvalue weighted by atomic mass is 127. The van der Waals surface area contributed by atoms with Gasteiger partial charge >= 0.3 is 0 Å². The molecule has 3 aliphatic heterocycles. The lowest BCUT2D eigenvalue weighted by molar-refractivity contribution is -0.902. The molecule has 0 aliphatic carbocycles. The molecule has 3 atom stereocenters. The summed E-state index contributed by atoms with van der Waals surface area (Å²) in [6.45, 7) is 1.24. The van der Waals surface area contributed by atoms with Crippen molar-refractivity contribution in [3.05, 3.63) is 24.3 Å². The molecule has 3 unspecified atom stereocenters. The first-order valence-corrected chi connectivity index (χ1v) is 5.43. The summed E-state index contributed by atoms with van der Waals surface area (Å²) in [4.78, 5) is 1.65. The fourth-order valence-electron chi connectivity index (χ4n) is 2.35. The molecule has 4 rings (SSSR count). The van der Waals surface area contributed by atoms with Crippen LogP contribution in [0, 0.1) is 0 Å². The van der Waals surface area contributed by atoms with Crippen molar-refractivity contribution >= 4 is 34.0 Å². The Kier molecular flexibility index (Phi) is 2.37. The Bertz CT molecular complexity index is 355. The van der Waals surface area contributed by atoms with Crippen LogP contribution in [0.15, 0.2) is 24.3 Å². The van der Waals surface area contributed by atoms with E-state index in [0.717, 1.165) is 4.48 Å². The number of benzene rings is 1. The number of nitrogens with one attached hydrogen (secondary N) is 1. The van der Waals surface area contributed by atoms with Gasteiger partial charge in [-0.15, -0.1) is 0 Å². The molecule has 0 amide bonds. The summed E-state index contributed by atoms with van der Waals surface area (Å²) >= 11 is 2.56. The second kappa shape index (κ2) is 3.04. The molecule has 1 aromatic carbocycles. The number of hydrogen-bond donors (Lipinski definition) is 1. The highest BCUT2D eigenvalue weighted by molar-refractivity contribution is 14.1. The van der Waals surface area contributed by atoms with Gasteiger partial charge in [-0.3, -0.25) is 0 Å². The van der Waals surface area contributed by atoms with Crippen molar-refractivity contribution in [3.8, 4) is 0 Å². The van der Waals surface area contributed by atoms with Crippen molar-refractivity contribution in [2.24, 2.45) is 0 Å². The third-order valence-electron chi connectivity index (χ3n) is 3.09. The van der Waals surface area contributed by atoms with Crippen molar-refractivity contribution in [2.75, 3.05) is 13.7 Å². The van der Waals surface area contributed by atoms with Gasteiger partial charge in [-0.1, -0.05) is 12.1 Å². The maximum absolute atomic E-state index is 2.56. The van der Waals surface area contributed by atoms with E-state index in [1.54, 1.807) is 4.90 Å². The predicted octanol–water partition coefficient (Wildman–Crippen LogP) is -2.15. The van der Waals surface area contributed by atoms with Crippen LogP contribution in [0.25, 0.3) is 0 Å². The van der Waals surface area contributed by atoms with Gasteiger partial charge in [-0.25, -0.2) is 0 Å². The van der Waals surface area contributed by atoms with E-state index >= 15 is 0 Å². The first kappa shape index (κ1) is 10.1. The zero-order valence-corrected chi connectivity index (χ0v) is 11.6. The van der Waals surface area contributed by atoms with E-state index in [9.17, 15) is 0 Å². The number of halogens is 2. The molecule has 0 saturated carbocycles. The van der Waals surface area contributed by atoms with E-state index in [1.807, 2.05) is 0 Å². The molecule has 1 saturated heterocycles. The maximum atomic E-state index is 2.56. The molecule has 13 heavy (non-hydrogen) atoms. The summed E-state index contributed by atoms with van der Waals surface area (Å²) < 4.78 is 1.84. The summed E-state index contributed by atoms with van der Waals surface area (Å²) in [5.41, 5.74) is 3.03. The molecule has 0 spiro atoms. The number of nitrogens with zero attached hydrogens (tertiary/aromatic N) is 1. The summed E-state index contributed by atoms with van der Waals surface area (Å²) in [5, 5.41) is 0. The van der Waals surface area contributed by atoms with Crippen LogP contribution in [-0.4, -0.2) is 17.9 Å². The quantitative estimate of drug-likeness (QED) is 0.219. The monoisotopic (exact) mass is 401 g/mol. The van der Waals surface area contributed by atoms with E-state index < -0.39 is 0 Å². The second-order valence-corrected chi connectivity index (χ2v) is 4.98. The molecule has 0 radical (unpaired) electrons. The number of rotatable bonds is 0. The third kappa shape index (κ3) is 1.06. The first-order valence-electron chi connectivity index (χ1n) is 4.18. The molecule has 70 valence electrons. The highest BCUT2D eigenvalue weighted by Crippen LogP contribution is 2.41. The summed E-state index contributed by atoms with van der Waals surface area (Å²) in [6, 6.07) is 8.81. The number of quaternary nitrogens is 2. The molecule has 4 heteroatoms. The molecule has 1 fully saturated rings. The van der Waals surface area contributed by atoms with Crippen LogP contribution in [0.2, 0.25) is 0 Å². The maximum Gasteiger partial charge on any atom is 0.281 e. The average molecular weight is 401 g/mol. The minimum absolute atomic E-state index is 0. The van der Waals surface area contributed by atoms with Gasteiger partial charge in [0, 0.05) is 12.1 Å². The molecule has 3 heterocycles. The molecule has 2 nitrogen and oxygen atoms in total. The van der Waals surface area contributed by atoms with Gasteiger partial charge in [-0.05, 0) is 0 Å². The van der Waals surface area contributed by atoms with Crippen LogP contribution in [0.3, 0.4) is 0 Å². The van der Waals surface area contributed by atoms with E-state index in [4.69, 9.17) is 0 Å². The average Bonchev–Trinajstić information content (AvgIpc) is 2.52. The number of para-hydroxylation sites is 2. The van der Waals surface area contributed by atoms with Crippen LogP contribution in [0.1, 0.15) is 0 Å². The van der Waals surface area contributed by atoms with Gasteiger partial charge in [0.2, 0.25) is 18.0 Å². The van der Waals surface area contributed by atoms with Crippen molar-refractivity contribution in [3.63, 3.8) is 0 Å². The molecular formula is C9H11I2N2+. The minimum Gasteiger partial charge on any atom is -1.00 e. The van der Waals surface area contributed by atoms with Crippen molar-refractivity contribution < 1.29 is 28.9 Å². The number of alkyl halides is 1. The van der Waals surface area contributed by atoms with E-state index in [0.29, 0.717) is 4.17 Å². The topological polar surface area (TPSA) is 4.44 Å². The lowest BCUT2D eigenvalue weighted by Crippen LogP contribution is -3.22. The summed E-state index contributed by atoms with van der Waals surface area (Å²) in [7, 11) is 2.33. The van der Waals surface area contributed by atoms with Gasteiger partial charge in [0.15, 0.2) is 0 Å². The molecule has 3 aliphatic rings. The van der Waals surface area contributed by atoms with Crippen LogP contribution < -0.4 is 33.4 Å². The van der Waals surface area contributed by atoms with Crippen LogP contribution in [-0.2, 0) is 0 Å². The molecule has 2 bridgehead atoms. The lowest BCUT2D eigenvalue weighted by atomic mass is 10.3. The van der Waals surface area contributed by atoms with Crippen LogP contribution in [0.5, 0.6) is 0 Å². The SMILES string of the molecule is C[N+]12C[NH+](c3ccccc31)C2I.[I-]. The van der Waals surface area contributed by atoms with Crippen LogP contribution >= 0.6 is 22.6 Å². The zero-order valence-electron chi connectivity index (χ0n) is 7.30. The Morgan fingerprint density at radius 2 is 2.15 bits per heavy atom. The van der Waals surface area contributed by atoms with E-state index in [-0.39, 0.29) is 24.0 Å². The van der Waals surface area contributed by atoms with E-state index in [1.165, 1.54) is 18.0 Å². The highest BCUT2D eigenvalue weighted by Gasteiger charge is 2.64. The standard InChI is InChI=1S/C9H10IN2.HI/c1-12-6-11(9(12)10)7-4-2-3-5-8(7)12;/h2-5,9H,6H2,1H3;1H/q+1;. The second-order valence-electron chi connectivity index (χ2n) is 3.80. The first-order chi connectivity index (χ1) is 5.73. The lowest BCUT2D eigenvalue weighted by Gasteiger charge is -2.39. The summed E-state index contributed by atoms with van der Waals surface area (Å²) in [5.74, 6) is 0. The normalized spacial score (nSPS) is 38.9. The van der Waals surface area contributed by atoms with Gasteiger partial charge in [0.1, 0.15) is 0 Å². The van der Waals surface area contributed by atoms with E-state index in [2.05, 4.69) is 53.9 Å². The van der Waals surface area contributed by atoms with Gasteiger partial charge in [-0.2, -0.15) is 9.38 Å². The molecule has 0 aromatic heterocycles. The third-order valence-corrected chi connectivity index (χ3v) is 5.07. The van der Waals surface area contributed by atoms with Crippen molar-refractivity contribution in [1.82, 2.24) is 4.48 Å². The molecular weight excluding hydrogens is 390 g/mol. The van der Waals surface area contributed by atoms with Gasteiger partial charge in [0.05, 0.1) is 29.6 Å². The fourth-order valence-corrected chi connectivity index (χ4v) is 3.38. The Labute approximate surface area is 109 Å². The minimum atomic E-state index is 0. The molecule has 1 N–H and O–H groups in total. The van der Waals surface area contributed by atoms with Crippen molar-refractivity contribution in [2.45, 2.75) is 4.17 Å². The Hall–Kier alpha value is 0.600. The van der Waals surface area contributed by atoms with Crippen molar-refractivity contribution in [1.29, 1.82) is 0 Å². The predicted molar refractivity (Wildman–Crippen MR) is 57.5 cm³/mol. The molecule has 1 aromatic rings. The smallest absolute Gasteiger partial charge is 0.281 e. The Balaban J connectivity index is 0.000000653. The Morgan fingerprint density at radius 3 is 2.77 bits per heavy atom. The fraction of sp³-hybridized carbons (Fsp3) is 0.333. The number of hydrogen-bond acceptors (Lipinski definition) is 0. The summed E-state index contributed by atoms with van der Waals surface area (Å²) in [6.07, 6.45) is 0.